The summed E-state index contributed by atoms with van der Waals surface area (Å²) >= 11 is 0. The van der Waals surface area contributed by atoms with E-state index in [4.69, 9.17) is 4.74 Å². The number of carbonyl (C=O) groups excluding carboxylic acids is 1. The summed E-state index contributed by atoms with van der Waals surface area (Å²) in [6, 6.07) is 23.4. The Balaban J connectivity index is 1.18. The molecule has 33 heavy (non-hydrogen) atoms. The molecule has 2 aliphatic heterocycles. The number of ether oxygens (including phenoxy) is 1. The quantitative estimate of drug-likeness (QED) is 0.462. The number of carbonyl (C=O) groups is 1. The van der Waals surface area contributed by atoms with Crippen LogP contribution in [0, 0.1) is 0 Å². The molecule has 4 nitrogen and oxygen atoms in total. The standard InChI is InChI=1S/C29H28N2O2/c32-29(33-19-28-26-13-3-1-11-24(26)25-12-2-4-14-27(25)28)31-22-9-7-10-23(31)18-20(17-22)16-21-8-5-6-15-30-21/h1-6,8,11-15,17,22-23,28H,7,9-10,16,18-19H2. The van der Waals surface area contributed by atoms with Crippen LogP contribution in [-0.4, -0.2) is 34.7 Å². The van der Waals surface area contributed by atoms with E-state index in [9.17, 15) is 4.79 Å². The van der Waals surface area contributed by atoms with E-state index in [1.54, 1.807) is 0 Å². The number of rotatable bonds is 4. The van der Waals surface area contributed by atoms with Crippen molar-refractivity contribution in [3.05, 3.63) is 101 Å². The maximum atomic E-state index is 13.3. The third kappa shape index (κ3) is 3.74. The van der Waals surface area contributed by atoms with Gasteiger partial charge in [-0.1, -0.05) is 66.2 Å². The van der Waals surface area contributed by atoms with Crippen molar-refractivity contribution in [1.29, 1.82) is 0 Å². The molecule has 166 valence electrons. The Morgan fingerprint density at radius 3 is 2.36 bits per heavy atom. The van der Waals surface area contributed by atoms with Crippen LogP contribution in [0.2, 0.25) is 0 Å². The Morgan fingerprint density at radius 2 is 1.67 bits per heavy atom. The van der Waals surface area contributed by atoms with Crippen LogP contribution < -0.4 is 0 Å². The number of fused-ring (bicyclic) bond motifs is 5. The monoisotopic (exact) mass is 436 g/mol. The maximum absolute atomic E-state index is 13.3. The summed E-state index contributed by atoms with van der Waals surface area (Å²) in [4.78, 5) is 19.8. The van der Waals surface area contributed by atoms with Crippen molar-refractivity contribution < 1.29 is 9.53 Å². The highest BCUT2D eigenvalue weighted by molar-refractivity contribution is 5.79. The number of nitrogens with zero attached hydrogens (tertiary/aromatic N) is 2. The highest BCUT2D eigenvalue weighted by Crippen LogP contribution is 2.44. The second-order valence-corrected chi connectivity index (χ2v) is 9.39. The van der Waals surface area contributed by atoms with Gasteiger partial charge in [-0.3, -0.25) is 9.88 Å². The lowest BCUT2D eigenvalue weighted by Gasteiger charge is -2.44. The third-order valence-electron chi connectivity index (χ3n) is 7.40. The number of aromatic nitrogens is 1. The molecule has 1 saturated heterocycles. The smallest absolute Gasteiger partial charge is 0.410 e. The molecule has 2 unspecified atom stereocenters. The molecule has 1 aliphatic carbocycles. The summed E-state index contributed by atoms with van der Waals surface area (Å²) in [5.41, 5.74) is 7.51. The van der Waals surface area contributed by atoms with Crippen molar-refractivity contribution in [3.63, 3.8) is 0 Å². The van der Waals surface area contributed by atoms with Crippen LogP contribution in [-0.2, 0) is 11.2 Å². The van der Waals surface area contributed by atoms with E-state index < -0.39 is 0 Å². The van der Waals surface area contributed by atoms with Crippen molar-refractivity contribution in [2.24, 2.45) is 0 Å². The van der Waals surface area contributed by atoms with Gasteiger partial charge in [0.1, 0.15) is 6.61 Å². The number of hydrogen-bond acceptors (Lipinski definition) is 3. The van der Waals surface area contributed by atoms with Crippen LogP contribution in [0.4, 0.5) is 4.79 Å². The van der Waals surface area contributed by atoms with Gasteiger partial charge in [-0.2, -0.15) is 0 Å². The van der Waals surface area contributed by atoms with Crippen molar-refractivity contribution in [1.82, 2.24) is 9.88 Å². The first kappa shape index (κ1) is 20.2. The first-order valence-electron chi connectivity index (χ1n) is 12.0. The fourth-order valence-electron chi connectivity index (χ4n) is 5.94. The number of piperidine rings is 1. The molecule has 1 amide bonds. The maximum Gasteiger partial charge on any atom is 0.410 e. The predicted molar refractivity (Wildman–Crippen MR) is 129 cm³/mol. The minimum absolute atomic E-state index is 0.0984. The normalized spacial score (nSPS) is 21.2. The van der Waals surface area contributed by atoms with Crippen LogP contribution in [0.25, 0.3) is 11.1 Å². The fourth-order valence-corrected chi connectivity index (χ4v) is 5.94. The Bertz CT molecular complexity index is 1160. The van der Waals surface area contributed by atoms with Crippen molar-refractivity contribution in [2.75, 3.05) is 6.61 Å². The zero-order valence-electron chi connectivity index (χ0n) is 18.7. The van der Waals surface area contributed by atoms with E-state index in [0.29, 0.717) is 6.61 Å². The van der Waals surface area contributed by atoms with Crippen LogP contribution in [0.1, 0.15) is 48.4 Å². The molecule has 4 heteroatoms. The van der Waals surface area contributed by atoms with Gasteiger partial charge in [0.15, 0.2) is 0 Å². The summed E-state index contributed by atoms with van der Waals surface area (Å²) in [7, 11) is 0. The Morgan fingerprint density at radius 1 is 0.939 bits per heavy atom. The van der Waals surface area contributed by atoms with E-state index in [0.717, 1.165) is 37.8 Å². The zero-order valence-corrected chi connectivity index (χ0v) is 18.7. The van der Waals surface area contributed by atoms with E-state index in [1.165, 1.54) is 27.8 Å². The molecule has 0 saturated carbocycles. The van der Waals surface area contributed by atoms with Crippen LogP contribution >= 0.6 is 0 Å². The summed E-state index contributed by atoms with van der Waals surface area (Å²) in [5, 5.41) is 0. The average molecular weight is 437 g/mol. The van der Waals surface area contributed by atoms with Gasteiger partial charge in [-0.25, -0.2) is 4.79 Å². The molecule has 1 aromatic heterocycles. The van der Waals surface area contributed by atoms with Gasteiger partial charge in [-0.15, -0.1) is 0 Å². The number of pyridine rings is 1. The molecule has 1 fully saturated rings. The van der Waals surface area contributed by atoms with Gasteiger partial charge in [0.05, 0.1) is 6.04 Å². The lowest BCUT2D eigenvalue weighted by atomic mass is 9.84. The van der Waals surface area contributed by atoms with Gasteiger partial charge in [0, 0.05) is 30.3 Å². The van der Waals surface area contributed by atoms with Crippen LogP contribution in [0.15, 0.2) is 84.6 Å². The van der Waals surface area contributed by atoms with Crippen molar-refractivity contribution in [2.45, 2.75) is 50.1 Å². The first-order chi connectivity index (χ1) is 16.3. The summed E-state index contributed by atoms with van der Waals surface area (Å²) in [6.45, 7) is 0.382. The van der Waals surface area contributed by atoms with E-state index in [2.05, 4.69) is 65.7 Å². The van der Waals surface area contributed by atoms with E-state index in [-0.39, 0.29) is 24.1 Å². The Labute approximate surface area is 194 Å². The molecule has 3 heterocycles. The second kappa shape index (κ2) is 8.51. The lowest BCUT2D eigenvalue weighted by molar-refractivity contribution is 0.0509. The average Bonchev–Trinajstić information content (AvgIpc) is 3.16. The molecular formula is C29H28N2O2. The Hall–Kier alpha value is -3.40. The molecule has 2 bridgehead atoms. The number of hydrogen-bond donors (Lipinski definition) is 0. The summed E-state index contributed by atoms with van der Waals surface area (Å²) < 4.78 is 6.01. The molecule has 6 rings (SSSR count). The molecule has 3 aromatic rings. The lowest BCUT2D eigenvalue weighted by Crippen LogP contribution is -2.52. The van der Waals surface area contributed by atoms with Gasteiger partial charge >= 0.3 is 6.09 Å². The van der Waals surface area contributed by atoms with Crippen molar-refractivity contribution >= 4 is 6.09 Å². The molecule has 2 aromatic carbocycles. The second-order valence-electron chi connectivity index (χ2n) is 9.39. The highest BCUT2D eigenvalue weighted by Gasteiger charge is 2.38. The van der Waals surface area contributed by atoms with Gasteiger partial charge in [0.2, 0.25) is 0 Å². The van der Waals surface area contributed by atoms with E-state index in [1.807, 2.05) is 23.2 Å². The molecular weight excluding hydrogens is 408 g/mol. The van der Waals surface area contributed by atoms with E-state index >= 15 is 0 Å². The number of amides is 1. The highest BCUT2D eigenvalue weighted by atomic mass is 16.6. The summed E-state index contributed by atoms with van der Waals surface area (Å²) in [5.74, 6) is 0.0984. The van der Waals surface area contributed by atoms with Gasteiger partial charge < -0.3 is 4.74 Å². The van der Waals surface area contributed by atoms with Gasteiger partial charge in [0.25, 0.3) is 0 Å². The molecule has 0 spiro atoms. The number of benzene rings is 2. The first-order valence-corrected chi connectivity index (χ1v) is 12.0. The SMILES string of the molecule is O=C(OCC1c2ccccc2-c2ccccc21)N1C2C=C(Cc3ccccn3)CC1CCC2. The third-order valence-corrected chi connectivity index (χ3v) is 7.40. The Kier molecular flexibility index (Phi) is 5.21. The fraction of sp³-hybridized carbons (Fsp3) is 0.310. The molecule has 3 aliphatic rings. The van der Waals surface area contributed by atoms with Crippen LogP contribution in [0.3, 0.4) is 0 Å². The largest absolute Gasteiger partial charge is 0.448 e. The van der Waals surface area contributed by atoms with Crippen LogP contribution in [0.5, 0.6) is 0 Å². The molecule has 2 atom stereocenters. The molecule has 0 N–H and O–H groups in total. The minimum atomic E-state index is -0.167. The zero-order chi connectivity index (χ0) is 22.2. The van der Waals surface area contributed by atoms with Gasteiger partial charge in [-0.05, 0) is 60.1 Å². The summed E-state index contributed by atoms with van der Waals surface area (Å²) in [6.07, 6.45) is 8.97. The topological polar surface area (TPSA) is 42.4 Å². The predicted octanol–water partition coefficient (Wildman–Crippen LogP) is 6.13. The molecule has 0 radical (unpaired) electrons. The minimum Gasteiger partial charge on any atom is -0.448 e. The van der Waals surface area contributed by atoms with Crippen molar-refractivity contribution in [3.8, 4) is 11.1 Å².